The van der Waals surface area contributed by atoms with Crippen molar-refractivity contribution >= 4 is 35.0 Å². The van der Waals surface area contributed by atoms with E-state index in [1.807, 2.05) is 0 Å². The van der Waals surface area contributed by atoms with Gasteiger partial charge in [0.1, 0.15) is 5.82 Å². The van der Waals surface area contributed by atoms with Crippen LogP contribution in [0.3, 0.4) is 0 Å². The molecule has 0 radical (unpaired) electrons. The lowest BCUT2D eigenvalue weighted by Crippen LogP contribution is -2.10. The van der Waals surface area contributed by atoms with Crippen LogP contribution < -0.4 is 5.32 Å². The minimum Gasteiger partial charge on any atom is -0.478 e. The minimum atomic E-state index is -1.05. The van der Waals surface area contributed by atoms with E-state index in [9.17, 15) is 14.0 Å². The summed E-state index contributed by atoms with van der Waals surface area (Å²) >= 11 is 1.15. The lowest BCUT2D eigenvalue weighted by atomic mass is 10.2. The Labute approximate surface area is 124 Å². The van der Waals surface area contributed by atoms with Crippen LogP contribution in [0.2, 0.25) is 0 Å². The molecule has 0 saturated carbocycles. The van der Waals surface area contributed by atoms with Crippen molar-refractivity contribution in [1.82, 2.24) is 0 Å². The number of aliphatic carboxylic acids is 1. The maximum absolute atomic E-state index is 13.2. The normalized spacial score (nSPS) is 10.8. The van der Waals surface area contributed by atoms with Crippen molar-refractivity contribution in [3.63, 3.8) is 0 Å². The Balaban J connectivity index is 2.11. The van der Waals surface area contributed by atoms with Crippen LogP contribution in [0.5, 0.6) is 0 Å². The average Bonchev–Trinajstić information content (AvgIpc) is 2.83. The van der Waals surface area contributed by atoms with Gasteiger partial charge in [-0.3, -0.25) is 4.79 Å². The van der Waals surface area contributed by atoms with E-state index in [-0.39, 0.29) is 5.91 Å². The summed E-state index contributed by atoms with van der Waals surface area (Å²) in [4.78, 5) is 23.5. The van der Waals surface area contributed by atoms with Crippen LogP contribution in [0.4, 0.5) is 10.1 Å². The molecule has 1 amide bonds. The van der Waals surface area contributed by atoms with Gasteiger partial charge in [0.2, 0.25) is 0 Å². The zero-order valence-electron chi connectivity index (χ0n) is 11.1. The number of hydrogen-bond acceptors (Lipinski definition) is 3. The second-order valence-electron chi connectivity index (χ2n) is 4.34. The fourth-order valence-corrected chi connectivity index (χ4v) is 2.52. The van der Waals surface area contributed by atoms with Gasteiger partial charge in [0, 0.05) is 16.6 Å². The van der Waals surface area contributed by atoms with Crippen molar-refractivity contribution in [2.24, 2.45) is 0 Å². The first kappa shape index (κ1) is 14.9. The summed E-state index contributed by atoms with van der Waals surface area (Å²) in [7, 11) is 0. The molecule has 0 aliphatic heterocycles. The molecular weight excluding hydrogens is 293 g/mol. The number of hydrogen-bond donors (Lipinski definition) is 2. The molecule has 2 aromatic rings. The molecule has 1 aromatic carbocycles. The summed E-state index contributed by atoms with van der Waals surface area (Å²) < 4.78 is 13.2. The summed E-state index contributed by atoms with van der Waals surface area (Å²) in [5.41, 5.74) is 1.09. The highest BCUT2D eigenvalue weighted by atomic mass is 32.1. The molecule has 0 fully saturated rings. The van der Waals surface area contributed by atoms with Crippen molar-refractivity contribution in [2.75, 3.05) is 5.32 Å². The summed E-state index contributed by atoms with van der Waals surface area (Å²) in [5, 5.41) is 11.1. The van der Waals surface area contributed by atoms with E-state index < -0.39 is 11.8 Å². The molecule has 0 spiro atoms. The lowest BCUT2D eigenvalue weighted by Gasteiger charge is -2.04. The smallest absolute Gasteiger partial charge is 0.328 e. The maximum atomic E-state index is 13.2. The number of carboxylic acid groups (broad SMARTS) is 1. The second kappa shape index (κ2) is 6.32. The molecule has 6 heteroatoms. The van der Waals surface area contributed by atoms with E-state index in [0.29, 0.717) is 21.0 Å². The number of halogens is 1. The molecule has 0 aliphatic rings. The molecule has 4 nitrogen and oxygen atoms in total. The van der Waals surface area contributed by atoms with Crippen LogP contribution in [0.15, 0.2) is 36.4 Å². The first-order valence-corrected chi connectivity index (χ1v) is 6.85. The molecule has 0 atom stereocenters. The van der Waals surface area contributed by atoms with Gasteiger partial charge in [-0.1, -0.05) is 0 Å². The van der Waals surface area contributed by atoms with Gasteiger partial charge in [0.25, 0.3) is 5.91 Å². The van der Waals surface area contributed by atoms with Gasteiger partial charge in [-0.2, -0.15) is 0 Å². The number of aryl methyl sites for hydroxylation is 1. The fourth-order valence-electron chi connectivity index (χ4n) is 1.72. The highest BCUT2D eigenvalue weighted by Crippen LogP contribution is 2.20. The van der Waals surface area contributed by atoms with Gasteiger partial charge in [0.15, 0.2) is 0 Å². The Morgan fingerprint density at radius 1 is 1.29 bits per heavy atom. The third kappa shape index (κ3) is 4.25. The number of anilines is 1. The highest BCUT2D eigenvalue weighted by molar-refractivity contribution is 7.15. The number of carbonyl (C=O) groups is 2. The van der Waals surface area contributed by atoms with Gasteiger partial charge in [-0.15, -0.1) is 11.3 Å². The Hall–Kier alpha value is -2.47. The van der Waals surface area contributed by atoms with Crippen molar-refractivity contribution in [3.05, 3.63) is 57.5 Å². The molecular formula is C15H12FNO3S. The summed E-state index contributed by atoms with van der Waals surface area (Å²) in [6.45, 7) is 1.73. The maximum Gasteiger partial charge on any atom is 0.328 e. The lowest BCUT2D eigenvalue weighted by molar-refractivity contribution is -0.131. The topological polar surface area (TPSA) is 66.4 Å². The minimum absolute atomic E-state index is 0.361. The van der Waals surface area contributed by atoms with Gasteiger partial charge in [-0.05, 0) is 48.9 Å². The van der Waals surface area contributed by atoms with Crippen LogP contribution in [0.25, 0.3) is 6.08 Å². The van der Waals surface area contributed by atoms with Crippen LogP contribution in [0, 0.1) is 12.7 Å². The molecule has 0 aliphatic carbocycles. The van der Waals surface area contributed by atoms with Crippen molar-refractivity contribution in [3.8, 4) is 0 Å². The summed E-state index contributed by atoms with van der Waals surface area (Å²) in [6, 6.07) is 7.52. The van der Waals surface area contributed by atoms with E-state index in [2.05, 4.69) is 5.32 Å². The number of benzene rings is 1. The summed E-state index contributed by atoms with van der Waals surface area (Å²) in [6.07, 6.45) is 2.42. The van der Waals surface area contributed by atoms with E-state index in [4.69, 9.17) is 5.11 Å². The van der Waals surface area contributed by atoms with Crippen LogP contribution in [-0.2, 0) is 4.79 Å². The molecule has 1 aromatic heterocycles. The zero-order valence-corrected chi connectivity index (χ0v) is 11.9. The molecule has 21 heavy (non-hydrogen) atoms. The van der Waals surface area contributed by atoms with Crippen LogP contribution >= 0.6 is 11.3 Å². The first-order chi connectivity index (χ1) is 9.94. The Bertz CT molecular complexity index is 701. The number of carboxylic acids is 1. The standard InChI is InChI=1S/C15H12FNO3S/c1-9-6-10(16)8-11(7-9)17-15(20)13-4-2-12(21-13)3-5-14(18)19/h2-8H,1H3,(H,17,20)(H,18,19). The molecule has 2 N–H and O–H groups in total. The van der Waals surface area contributed by atoms with Gasteiger partial charge in [-0.25, -0.2) is 9.18 Å². The molecule has 108 valence electrons. The third-order valence-electron chi connectivity index (χ3n) is 2.54. The molecule has 2 rings (SSSR count). The zero-order chi connectivity index (χ0) is 15.4. The molecule has 1 heterocycles. The van der Waals surface area contributed by atoms with Crippen LogP contribution in [0.1, 0.15) is 20.1 Å². The van der Waals surface area contributed by atoms with E-state index in [1.165, 1.54) is 18.2 Å². The van der Waals surface area contributed by atoms with Crippen molar-refractivity contribution < 1.29 is 19.1 Å². The van der Waals surface area contributed by atoms with E-state index in [0.717, 1.165) is 17.4 Å². The van der Waals surface area contributed by atoms with Crippen molar-refractivity contribution in [1.29, 1.82) is 0 Å². The predicted octanol–water partition coefficient (Wildman–Crippen LogP) is 3.55. The Morgan fingerprint density at radius 3 is 2.71 bits per heavy atom. The van der Waals surface area contributed by atoms with Crippen LogP contribution in [-0.4, -0.2) is 17.0 Å². The average molecular weight is 305 g/mol. The number of amides is 1. The highest BCUT2D eigenvalue weighted by Gasteiger charge is 2.09. The number of nitrogens with one attached hydrogen (secondary N) is 1. The predicted molar refractivity (Wildman–Crippen MR) is 80.1 cm³/mol. The van der Waals surface area contributed by atoms with E-state index in [1.54, 1.807) is 25.1 Å². The Morgan fingerprint density at radius 2 is 2.05 bits per heavy atom. The number of thiophene rings is 1. The summed E-state index contributed by atoms with van der Waals surface area (Å²) in [5.74, 6) is -1.83. The largest absolute Gasteiger partial charge is 0.478 e. The van der Waals surface area contributed by atoms with E-state index >= 15 is 0 Å². The fraction of sp³-hybridized carbons (Fsp3) is 0.0667. The SMILES string of the molecule is Cc1cc(F)cc(NC(=O)c2ccc(C=CC(=O)O)s2)c1. The number of rotatable bonds is 4. The monoisotopic (exact) mass is 305 g/mol. The quantitative estimate of drug-likeness (QED) is 0.849. The Kier molecular flexibility index (Phi) is 4.49. The van der Waals surface area contributed by atoms with Gasteiger partial charge < -0.3 is 10.4 Å². The number of carbonyl (C=O) groups excluding carboxylic acids is 1. The molecule has 0 bridgehead atoms. The van der Waals surface area contributed by atoms with Gasteiger partial charge in [0.05, 0.1) is 4.88 Å². The first-order valence-electron chi connectivity index (χ1n) is 6.03. The van der Waals surface area contributed by atoms with Gasteiger partial charge >= 0.3 is 5.97 Å². The molecule has 0 saturated heterocycles. The van der Waals surface area contributed by atoms with Crippen molar-refractivity contribution in [2.45, 2.75) is 6.92 Å². The second-order valence-corrected chi connectivity index (χ2v) is 5.46. The third-order valence-corrected chi connectivity index (χ3v) is 3.59. The molecule has 0 unspecified atom stereocenters.